The summed E-state index contributed by atoms with van der Waals surface area (Å²) in [5.74, 6) is -7.22. The molecule has 3 aliphatic carbocycles. The van der Waals surface area contributed by atoms with Crippen molar-refractivity contribution in [1.82, 2.24) is 10.2 Å². The highest BCUT2D eigenvalue weighted by Crippen LogP contribution is 2.55. The van der Waals surface area contributed by atoms with Crippen LogP contribution in [0.1, 0.15) is 30.0 Å². The van der Waals surface area contributed by atoms with Crippen molar-refractivity contribution in [2.75, 3.05) is 38.4 Å². The van der Waals surface area contributed by atoms with Crippen LogP contribution in [0.15, 0.2) is 47.2 Å². The van der Waals surface area contributed by atoms with Gasteiger partial charge < -0.3 is 52.2 Å². The SMILES string of the molecule is CN(C)c1cc(CNC(=O)Nc2ccc(OC(C)(F)F)cc2)c(O)c2c1C[C@H]1C[C@@]3(N)[C@H](N(C)C)C(=O)C(C(N)=O)=C(O)[C@@]3(O)C(=O)C1=C2O. The first-order chi connectivity index (χ1) is 23.1. The Bertz CT molecular complexity index is 1870. The fourth-order valence-corrected chi connectivity index (χ4v) is 7.26. The Morgan fingerprint density at radius 3 is 2.26 bits per heavy atom. The van der Waals surface area contributed by atoms with Crippen LogP contribution in [0.5, 0.6) is 11.5 Å². The van der Waals surface area contributed by atoms with E-state index in [0.717, 1.165) is 0 Å². The molecule has 0 spiro atoms. The van der Waals surface area contributed by atoms with Gasteiger partial charge in [0.2, 0.25) is 11.4 Å². The average Bonchev–Trinajstić information content (AvgIpc) is 2.98. The molecule has 0 bridgehead atoms. The predicted molar refractivity (Wildman–Crippen MR) is 176 cm³/mol. The number of carbonyl (C=O) groups excluding carboxylic acids is 4. The Balaban J connectivity index is 1.52. The number of ketones is 2. The number of benzene rings is 2. The number of phenols is 1. The Labute approximate surface area is 284 Å². The zero-order chi connectivity index (χ0) is 37.2. The van der Waals surface area contributed by atoms with Gasteiger partial charge in [-0.25, -0.2) is 4.79 Å². The number of nitrogens with one attached hydrogen (secondary N) is 2. The molecule has 0 aliphatic heterocycles. The first-order valence-electron chi connectivity index (χ1n) is 15.3. The minimum absolute atomic E-state index is 0.00404. The number of halogens is 2. The van der Waals surface area contributed by atoms with Gasteiger partial charge in [-0.2, -0.15) is 8.78 Å². The summed E-state index contributed by atoms with van der Waals surface area (Å²) in [4.78, 5) is 55.7. The first-order valence-corrected chi connectivity index (χ1v) is 15.3. The van der Waals surface area contributed by atoms with Crippen LogP contribution in [0.3, 0.4) is 0 Å². The molecule has 10 N–H and O–H groups in total. The van der Waals surface area contributed by atoms with Gasteiger partial charge in [-0.15, -0.1) is 0 Å². The standard InChI is InChI=1S/C33H38F2N6O9/c1-31(34,35)50-17-8-6-16(7-9-17)39-30(48)38-13-15-11-19(40(2)3)18-10-14-12-32(37)26(41(4)5)25(44)22(29(36)47)28(46)33(32,49)27(45)20(14)24(43)21(18)23(15)42/h6-9,11,14,26,42-43,46,49H,10,12-13,37H2,1-5H3,(H2,36,47)(H2,38,39,48)/t14-,26+,32+,33-/m0/s1. The number of nitrogens with two attached hydrogens (primary N) is 2. The van der Waals surface area contributed by atoms with Crippen molar-refractivity contribution in [2.45, 2.75) is 49.6 Å². The normalized spacial score (nSPS) is 24.8. The molecule has 2 aromatic carbocycles. The molecule has 3 amide bonds. The Morgan fingerprint density at radius 2 is 1.72 bits per heavy atom. The number of aliphatic hydroxyl groups is 3. The van der Waals surface area contributed by atoms with Gasteiger partial charge in [-0.1, -0.05) is 0 Å². The molecule has 17 heteroatoms. The van der Waals surface area contributed by atoms with E-state index in [0.29, 0.717) is 18.2 Å². The number of aromatic hydroxyl groups is 1. The molecule has 2 aromatic rings. The highest BCUT2D eigenvalue weighted by atomic mass is 19.3. The van der Waals surface area contributed by atoms with Crippen LogP contribution in [0.25, 0.3) is 5.76 Å². The maximum atomic E-state index is 14.3. The number of nitrogens with zero attached hydrogens (tertiary/aromatic N) is 2. The molecule has 0 unspecified atom stereocenters. The van der Waals surface area contributed by atoms with Gasteiger partial charge >= 0.3 is 12.1 Å². The molecule has 50 heavy (non-hydrogen) atoms. The number of Topliss-reactive ketones (excluding diaryl/α,β-unsaturated/α-hetero) is 2. The summed E-state index contributed by atoms with van der Waals surface area (Å²) in [7, 11) is 6.28. The highest BCUT2D eigenvalue weighted by molar-refractivity contribution is 6.25. The lowest BCUT2D eigenvalue weighted by Crippen LogP contribution is -2.80. The predicted octanol–water partition coefficient (Wildman–Crippen LogP) is 1.42. The van der Waals surface area contributed by atoms with Crippen molar-refractivity contribution in [3.63, 3.8) is 0 Å². The molecule has 0 saturated heterocycles. The molecule has 1 fully saturated rings. The van der Waals surface area contributed by atoms with Crippen LogP contribution in [-0.2, 0) is 27.3 Å². The van der Waals surface area contributed by atoms with Gasteiger partial charge in [0.25, 0.3) is 5.91 Å². The number of aliphatic hydroxyl groups excluding tert-OH is 2. The van der Waals surface area contributed by atoms with E-state index in [1.165, 1.54) is 43.3 Å². The second-order valence-corrected chi connectivity index (χ2v) is 13.2. The zero-order valence-electron chi connectivity index (χ0n) is 27.8. The molecule has 15 nitrogen and oxygen atoms in total. The van der Waals surface area contributed by atoms with Crippen LogP contribution < -0.4 is 31.7 Å². The summed E-state index contributed by atoms with van der Waals surface area (Å²) in [5.41, 5.74) is 6.58. The smallest absolute Gasteiger partial charge is 0.394 e. The maximum absolute atomic E-state index is 14.3. The number of anilines is 2. The van der Waals surface area contributed by atoms with Crippen molar-refractivity contribution >= 4 is 40.6 Å². The van der Waals surface area contributed by atoms with Crippen molar-refractivity contribution in [3.8, 4) is 11.5 Å². The second-order valence-electron chi connectivity index (χ2n) is 13.2. The summed E-state index contributed by atoms with van der Waals surface area (Å²) >= 11 is 0. The van der Waals surface area contributed by atoms with E-state index in [1.54, 1.807) is 25.1 Å². The third kappa shape index (κ3) is 5.66. The van der Waals surface area contributed by atoms with Crippen molar-refractivity contribution in [2.24, 2.45) is 17.4 Å². The molecule has 268 valence electrons. The Hall–Kier alpha value is -5.26. The van der Waals surface area contributed by atoms with Gasteiger partial charge in [0.1, 0.15) is 22.8 Å². The van der Waals surface area contributed by atoms with E-state index in [9.17, 15) is 48.4 Å². The number of rotatable bonds is 8. The van der Waals surface area contributed by atoms with Gasteiger partial charge in [0.05, 0.1) is 17.1 Å². The highest BCUT2D eigenvalue weighted by Gasteiger charge is 2.71. The topological polar surface area (TPSA) is 241 Å². The number of hydrogen-bond donors (Lipinski definition) is 8. The monoisotopic (exact) mass is 700 g/mol. The number of ether oxygens (including phenoxy) is 1. The summed E-state index contributed by atoms with van der Waals surface area (Å²) in [5, 5.41) is 51.3. The lowest BCUT2D eigenvalue weighted by Gasteiger charge is -2.56. The van der Waals surface area contributed by atoms with Gasteiger partial charge in [0, 0.05) is 50.1 Å². The molecule has 0 heterocycles. The first kappa shape index (κ1) is 36.0. The summed E-state index contributed by atoms with van der Waals surface area (Å²) in [6, 6.07) is 4.53. The van der Waals surface area contributed by atoms with E-state index in [4.69, 9.17) is 11.5 Å². The van der Waals surface area contributed by atoms with Crippen molar-refractivity contribution in [3.05, 3.63) is 63.9 Å². The number of urea groups is 1. The number of likely N-dealkylation sites (N-methyl/N-ethyl adjacent to an activating group) is 1. The molecule has 1 saturated carbocycles. The largest absolute Gasteiger partial charge is 0.508 e. The van der Waals surface area contributed by atoms with E-state index in [-0.39, 0.29) is 47.5 Å². The molecular formula is C33H38F2N6O9. The minimum Gasteiger partial charge on any atom is -0.508 e. The molecule has 0 aromatic heterocycles. The van der Waals surface area contributed by atoms with Crippen LogP contribution in [0, 0.1) is 5.92 Å². The van der Waals surface area contributed by atoms with Gasteiger partial charge in [-0.3, -0.25) is 19.3 Å². The van der Waals surface area contributed by atoms with Crippen molar-refractivity contribution in [1.29, 1.82) is 0 Å². The number of hydrogen-bond acceptors (Lipinski definition) is 12. The molecular weight excluding hydrogens is 662 g/mol. The molecule has 4 atom stereocenters. The number of alkyl halides is 2. The number of carbonyl (C=O) groups is 4. The number of primary amides is 1. The van der Waals surface area contributed by atoms with E-state index >= 15 is 0 Å². The lowest BCUT2D eigenvalue weighted by atomic mass is 9.53. The minimum atomic E-state index is -3.39. The molecule has 3 aliphatic rings. The number of fused-ring (bicyclic) bond motifs is 3. The third-order valence-corrected chi connectivity index (χ3v) is 9.30. The quantitative estimate of drug-likeness (QED) is 0.183. The van der Waals surface area contributed by atoms with E-state index < -0.39 is 75.6 Å². The molecule has 0 radical (unpaired) electrons. The van der Waals surface area contributed by atoms with Crippen LogP contribution in [0.4, 0.5) is 25.0 Å². The van der Waals surface area contributed by atoms with Gasteiger partial charge in [-0.05, 0) is 68.8 Å². The summed E-state index contributed by atoms with van der Waals surface area (Å²) in [6.45, 7) is 0.298. The van der Waals surface area contributed by atoms with Gasteiger partial charge in [0.15, 0.2) is 11.5 Å². The number of phenolic OH excluding ortho intramolecular Hbond substituents is 1. The lowest BCUT2D eigenvalue weighted by molar-refractivity contribution is -0.159. The maximum Gasteiger partial charge on any atom is 0.394 e. The third-order valence-electron chi connectivity index (χ3n) is 9.30. The fourth-order valence-electron chi connectivity index (χ4n) is 7.26. The summed E-state index contributed by atoms with van der Waals surface area (Å²) in [6.07, 6.45) is -3.71. The van der Waals surface area contributed by atoms with Crippen LogP contribution in [-0.4, -0.2) is 100 Å². The van der Waals surface area contributed by atoms with Crippen LogP contribution in [0.2, 0.25) is 0 Å². The Morgan fingerprint density at radius 1 is 1.10 bits per heavy atom. The second kappa shape index (κ2) is 12.3. The number of amides is 3. The van der Waals surface area contributed by atoms with Crippen molar-refractivity contribution < 1.29 is 53.1 Å². The fraction of sp³-hybridized carbons (Fsp3) is 0.394. The summed E-state index contributed by atoms with van der Waals surface area (Å²) < 4.78 is 30.7. The van der Waals surface area contributed by atoms with E-state index in [1.807, 2.05) is 0 Å². The zero-order valence-corrected chi connectivity index (χ0v) is 27.8. The van der Waals surface area contributed by atoms with E-state index in [2.05, 4.69) is 15.4 Å². The Kier molecular flexibility index (Phi) is 8.83. The van der Waals surface area contributed by atoms with Crippen LogP contribution >= 0.6 is 0 Å². The average molecular weight is 701 g/mol. The molecule has 5 rings (SSSR count).